The topological polar surface area (TPSA) is 81.4 Å². The van der Waals surface area contributed by atoms with Crippen LogP contribution in [0.25, 0.3) is 4.96 Å². The van der Waals surface area contributed by atoms with Gasteiger partial charge < -0.3 is 10.1 Å². The number of hydrogen-bond donors (Lipinski definition) is 1. The van der Waals surface area contributed by atoms with Gasteiger partial charge in [-0.25, -0.2) is 0 Å². The number of rotatable bonds is 5. The Hall–Kier alpha value is -2.48. The highest BCUT2D eigenvalue weighted by Crippen LogP contribution is 2.13. The predicted octanol–water partition coefficient (Wildman–Crippen LogP) is 1.19. The summed E-state index contributed by atoms with van der Waals surface area (Å²) in [6, 6.07) is 9.21. The Labute approximate surface area is 124 Å². The Morgan fingerprint density at radius 1 is 1.33 bits per heavy atom. The van der Waals surface area contributed by atoms with Crippen molar-refractivity contribution in [3.8, 4) is 5.75 Å². The number of aryl methyl sites for hydroxylation is 1. The van der Waals surface area contributed by atoms with Crippen molar-refractivity contribution < 1.29 is 9.53 Å². The lowest BCUT2D eigenvalue weighted by Crippen LogP contribution is -2.28. The Morgan fingerprint density at radius 2 is 2.14 bits per heavy atom. The number of carbonyl (C=O) groups excluding carboxylic acids is 1. The zero-order valence-electron chi connectivity index (χ0n) is 11.3. The second kappa shape index (κ2) is 5.88. The number of amides is 1. The summed E-state index contributed by atoms with van der Waals surface area (Å²) in [7, 11) is 0. The number of benzene rings is 1. The van der Waals surface area contributed by atoms with Crippen LogP contribution in [0, 0.1) is 6.92 Å². The van der Waals surface area contributed by atoms with Gasteiger partial charge in [-0.2, -0.15) is 9.61 Å². The second-order valence-corrected chi connectivity index (χ2v) is 5.36. The van der Waals surface area contributed by atoms with Crippen LogP contribution < -0.4 is 10.1 Å². The molecule has 2 aromatic heterocycles. The molecule has 2 heterocycles. The fraction of sp³-hybridized carbons (Fsp3) is 0.231. The monoisotopic (exact) mass is 303 g/mol. The van der Waals surface area contributed by atoms with Crippen LogP contribution in [0.1, 0.15) is 10.8 Å². The molecule has 1 aromatic carbocycles. The molecule has 0 aliphatic rings. The molecule has 3 rings (SSSR count). The number of hydrogen-bond acceptors (Lipinski definition) is 6. The van der Waals surface area contributed by atoms with Crippen molar-refractivity contribution >= 4 is 22.2 Å². The van der Waals surface area contributed by atoms with Crippen molar-refractivity contribution in [2.45, 2.75) is 13.5 Å². The van der Waals surface area contributed by atoms with Crippen molar-refractivity contribution in [3.05, 3.63) is 41.2 Å². The zero-order chi connectivity index (χ0) is 14.7. The molecule has 0 unspecified atom stereocenters. The maximum atomic E-state index is 11.7. The number of nitrogens with zero attached hydrogens (tertiary/aromatic N) is 4. The fourth-order valence-corrected chi connectivity index (χ4v) is 2.54. The average Bonchev–Trinajstić information content (AvgIpc) is 3.06. The number of carbonyl (C=O) groups is 1. The van der Waals surface area contributed by atoms with E-state index in [9.17, 15) is 4.79 Å². The molecule has 108 valence electrons. The standard InChI is InChI=1S/C13H13N5O2S/c1-9-15-16-13-18(9)17-12(21-13)7-14-11(19)8-20-10-5-3-2-4-6-10/h2-6H,7-8H2,1H3,(H,14,19). The highest BCUT2D eigenvalue weighted by atomic mass is 32.1. The van der Waals surface area contributed by atoms with E-state index in [1.807, 2.05) is 25.1 Å². The van der Waals surface area contributed by atoms with Crippen LogP contribution in [0.3, 0.4) is 0 Å². The lowest BCUT2D eigenvalue weighted by atomic mass is 10.3. The first-order valence-corrected chi connectivity index (χ1v) is 7.16. The molecule has 0 radical (unpaired) electrons. The van der Waals surface area contributed by atoms with Gasteiger partial charge in [-0.3, -0.25) is 4.79 Å². The highest BCUT2D eigenvalue weighted by molar-refractivity contribution is 7.16. The van der Waals surface area contributed by atoms with Crippen LogP contribution in [-0.2, 0) is 11.3 Å². The van der Waals surface area contributed by atoms with Gasteiger partial charge >= 0.3 is 0 Å². The lowest BCUT2D eigenvalue weighted by molar-refractivity contribution is -0.123. The van der Waals surface area contributed by atoms with Crippen LogP contribution in [0.5, 0.6) is 5.75 Å². The van der Waals surface area contributed by atoms with E-state index in [4.69, 9.17) is 4.74 Å². The molecule has 0 aliphatic heterocycles. The van der Waals surface area contributed by atoms with E-state index in [-0.39, 0.29) is 12.5 Å². The quantitative estimate of drug-likeness (QED) is 0.765. The van der Waals surface area contributed by atoms with Crippen molar-refractivity contribution in [1.82, 2.24) is 25.1 Å². The summed E-state index contributed by atoms with van der Waals surface area (Å²) in [4.78, 5) is 12.4. The minimum Gasteiger partial charge on any atom is -0.484 e. The molecule has 0 bridgehead atoms. The molecule has 0 aliphatic carbocycles. The van der Waals surface area contributed by atoms with E-state index in [1.165, 1.54) is 11.3 Å². The minimum atomic E-state index is -0.193. The summed E-state index contributed by atoms with van der Waals surface area (Å²) in [6.45, 7) is 2.16. The van der Waals surface area contributed by atoms with Gasteiger partial charge in [0, 0.05) is 0 Å². The third-order valence-corrected chi connectivity index (χ3v) is 3.64. The molecule has 21 heavy (non-hydrogen) atoms. The van der Waals surface area contributed by atoms with Gasteiger partial charge in [-0.05, 0) is 19.1 Å². The number of aromatic nitrogens is 4. The molecule has 1 amide bonds. The summed E-state index contributed by atoms with van der Waals surface area (Å²) >= 11 is 1.40. The van der Waals surface area contributed by atoms with Crippen molar-refractivity contribution in [2.24, 2.45) is 0 Å². The van der Waals surface area contributed by atoms with Crippen LogP contribution >= 0.6 is 11.3 Å². The number of nitrogens with one attached hydrogen (secondary N) is 1. The summed E-state index contributed by atoms with van der Waals surface area (Å²) in [6.07, 6.45) is 0. The largest absolute Gasteiger partial charge is 0.484 e. The van der Waals surface area contributed by atoms with E-state index in [0.29, 0.717) is 12.3 Å². The van der Waals surface area contributed by atoms with Gasteiger partial charge in [-0.1, -0.05) is 29.5 Å². The van der Waals surface area contributed by atoms with E-state index in [1.54, 1.807) is 16.6 Å². The predicted molar refractivity (Wildman–Crippen MR) is 77.2 cm³/mol. The first-order chi connectivity index (χ1) is 10.2. The fourth-order valence-electron chi connectivity index (χ4n) is 1.72. The molecular weight excluding hydrogens is 290 g/mol. The Morgan fingerprint density at radius 3 is 2.90 bits per heavy atom. The summed E-state index contributed by atoms with van der Waals surface area (Å²) < 4.78 is 7.02. The van der Waals surface area contributed by atoms with Crippen molar-refractivity contribution in [3.63, 3.8) is 0 Å². The zero-order valence-corrected chi connectivity index (χ0v) is 12.1. The highest BCUT2D eigenvalue weighted by Gasteiger charge is 2.09. The van der Waals surface area contributed by atoms with Gasteiger partial charge in [0.25, 0.3) is 5.91 Å². The van der Waals surface area contributed by atoms with Crippen molar-refractivity contribution in [2.75, 3.05) is 6.61 Å². The number of ether oxygens (including phenoxy) is 1. The number of fused-ring (bicyclic) bond motifs is 1. The minimum absolute atomic E-state index is 0.0207. The smallest absolute Gasteiger partial charge is 0.258 e. The van der Waals surface area contributed by atoms with E-state index < -0.39 is 0 Å². The molecule has 8 heteroatoms. The van der Waals surface area contributed by atoms with Gasteiger partial charge in [0.2, 0.25) is 4.96 Å². The molecule has 0 saturated heterocycles. The molecule has 1 N–H and O–H groups in total. The van der Waals surface area contributed by atoms with Gasteiger partial charge in [0.1, 0.15) is 10.8 Å². The van der Waals surface area contributed by atoms with Gasteiger partial charge in [-0.15, -0.1) is 10.2 Å². The SMILES string of the molecule is Cc1nnc2sc(CNC(=O)COc3ccccc3)nn12. The molecular formula is C13H13N5O2S. The molecule has 0 fully saturated rings. The van der Waals surface area contributed by atoms with Crippen molar-refractivity contribution in [1.29, 1.82) is 0 Å². The van der Waals surface area contributed by atoms with Gasteiger partial charge in [0.15, 0.2) is 12.4 Å². The van der Waals surface area contributed by atoms with E-state index >= 15 is 0 Å². The Bertz CT molecular complexity index is 752. The first-order valence-electron chi connectivity index (χ1n) is 6.34. The lowest BCUT2D eigenvalue weighted by Gasteiger charge is -2.05. The third-order valence-electron chi connectivity index (χ3n) is 2.74. The van der Waals surface area contributed by atoms with Crippen LogP contribution in [0.2, 0.25) is 0 Å². The van der Waals surface area contributed by atoms with Crippen LogP contribution in [0.4, 0.5) is 0 Å². The van der Waals surface area contributed by atoms with Crippen LogP contribution in [0.15, 0.2) is 30.3 Å². The van der Waals surface area contributed by atoms with E-state index in [0.717, 1.165) is 15.8 Å². The van der Waals surface area contributed by atoms with E-state index in [2.05, 4.69) is 20.6 Å². The number of para-hydroxylation sites is 1. The maximum absolute atomic E-state index is 11.7. The Kier molecular flexibility index (Phi) is 3.78. The first kappa shape index (κ1) is 13.5. The second-order valence-electron chi connectivity index (χ2n) is 4.32. The van der Waals surface area contributed by atoms with Gasteiger partial charge in [0.05, 0.1) is 6.54 Å². The third kappa shape index (κ3) is 3.16. The summed E-state index contributed by atoms with van der Waals surface area (Å²) in [5.41, 5.74) is 0. The molecule has 0 atom stereocenters. The van der Waals surface area contributed by atoms with Crippen LogP contribution in [-0.4, -0.2) is 32.3 Å². The molecule has 3 aromatic rings. The summed E-state index contributed by atoms with van der Waals surface area (Å²) in [5.74, 6) is 1.20. The molecule has 0 spiro atoms. The average molecular weight is 303 g/mol. The Balaban J connectivity index is 1.51. The maximum Gasteiger partial charge on any atom is 0.258 e. The summed E-state index contributed by atoms with van der Waals surface area (Å²) in [5, 5.41) is 15.7. The molecule has 7 nitrogen and oxygen atoms in total. The molecule has 0 saturated carbocycles. The normalized spacial score (nSPS) is 10.7.